The smallest absolute Gasteiger partial charge is 0.227 e. The average molecular weight is 476 g/mol. The topological polar surface area (TPSA) is 67.6 Å². The van der Waals surface area contributed by atoms with Gasteiger partial charge in [-0.2, -0.15) is 0 Å². The molecule has 6 nitrogen and oxygen atoms in total. The van der Waals surface area contributed by atoms with E-state index in [9.17, 15) is 9.90 Å². The third-order valence-electron chi connectivity index (χ3n) is 6.18. The third-order valence-corrected chi connectivity index (χ3v) is 6.49. The molecular weight excluding hydrogens is 450 g/mol. The second kappa shape index (κ2) is 9.49. The number of rotatable bonds is 7. The van der Waals surface area contributed by atoms with Gasteiger partial charge in [0.05, 0.1) is 22.6 Å². The largest absolute Gasteiger partial charge is 0.489 e. The molecule has 0 spiro atoms. The molecular formula is C27H26ClN3O3. The van der Waals surface area contributed by atoms with Crippen LogP contribution in [-0.4, -0.2) is 39.8 Å². The maximum atomic E-state index is 12.9. The summed E-state index contributed by atoms with van der Waals surface area (Å²) in [6.45, 7) is 2.98. The number of benzene rings is 3. The van der Waals surface area contributed by atoms with Crippen LogP contribution in [0, 0.1) is 6.92 Å². The summed E-state index contributed by atoms with van der Waals surface area (Å²) in [5.41, 5.74) is 3.82. The molecule has 4 aromatic rings. The Morgan fingerprint density at radius 3 is 2.62 bits per heavy atom. The molecule has 1 N–H and O–H groups in total. The number of anilines is 1. The quantitative estimate of drug-likeness (QED) is 0.410. The fourth-order valence-corrected chi connectivity index (χ4v) is 4.65. The lowest BCUT2D eigenvalue weighted by Crippen LogP contribution is -2.26. The second-order valence-corrected chi connectivity index (χ2v) is 9.11. The number of nitrogens with zero attached hydrogens (tertiary/aromatic N) is 3. The van der Waals surface area contributed by atoms with Crippen LogP contribution in [0.5, 0.6) is 5.75 Å². The predicted molar refractivity (Wildman–Crippen MR) is 134 cm³/mol. The molecule has 1 aromatic heterocycles. The Morgan fingerprint density at radius 1 is 1.09 bits per heavy atom. The fraction of sp³-hybridized carbons (Fsp3) is 0.259. The van der Waals surface area contributed by atoms with E-state index >= 15 is 0 Å². The van der Waals surface area contributed by atoms with E-state index in [1.807, 2.05) is 77.1 Å². The van der Waals surface area contributed by atoms with Gasteiger partial charge >= 0.3 is 0 Å². The molecule has 2 heterocycles. The Morgan fingerprint density at radius 2 is 1.82 bits per heavy atom. The van der Waals surface area contributed by atoms with Gasteiger partial charge < -0.3 is 19.3 Å². The van der Waals surface area contributed by atoms with Crippen molar-refractivity contribution in [2.24, 2.45) is 0 Å². The van der Waals surface area contributed by atoms with E-state index in [2.05, 4.69) is 0 Å². The van der Waals surface area contributed by atoms with Crippen molar-refractivity contribution in [3.63, 3.8) is 0 Å². The van der Waals surface area contributed by atoms with Crippen LogP contribution in [0.25, 0.3) is 11.0 Å². The molecule has 3 aromatic carbocycles. The summed E-state index contributed by atoms with van der Waals surface area (Å²) >= 11 is 6.17. The summed E-state index contributed by atoms with van der Waals surface area (Å²) in [5, 5.41) is 11.3. The van der Waals surface area contributed by atoms with Gasteiger partial charge in [-0.05, 0) is 43.3 Å². The van der Waals surface area contributed by atoms with Gasteiger partial charge in [-0.15, -0.1) is 0 Å². The van der Waals surface area contributed by atoms with E-state index in [1.165, 1.54) is 0 Å². The minimum atomic E-state index is -0.780. The molecule has 0 radical (unpaired) electrons. The van der Waals surface area contributed by atoms with Crippen molar-refractivity contribution in [3.8, 4) is 5.75 Å². The fourth-order valence-electron chi connectivity index (χ4n) is 4.46. The highest BCUT2D eigenvalue weighted by Crippen LogP contribution is 2.33. The molecule has 1 aliphatic heterocycles. The number of amides is 1. The summed E-state index contributed by atoms with van der Waals surface area (Å²) in [4.78, 5) is 19.6. The molecule has 5 rings (SSSR count). The van der Waals surface area contributed by atoms with Crippen molar-refractivity contribution in [2.75, 3.05) is 18.1 Å². The highest BCUT2D eigenvalue weighted by atomic mass is 35.5. The van der Waals surface area contributed by atoms with Gasteiger partial charge in [0.2, 0.25) is 5.91 Å². The van der Waals surface area contributed by atoms with Gasteiger partial charge in [-0.1, -0.05) is 53.6 Å². The monoisotopic (exact) mass is 475 g/mol. The lowest BCUT2D eigenvalue weighted by molar-refractivity contribution is -0.117. The molecule has 0 saturated carbocycles. The van der Waals surface area contributed by atoms with Crippen LogP contribution in [-0.2, 0) is 11.3 Å². The Bertz CT molecular complexity index is 1320. The van der Waals surface area contributed by atoms with Gasteiger partial charge in [0.1, 0.15) is 24.3 Å². The van der Waals surface area contributed by atoms with Crippen molar-refractivity contribution in [1.29, 1.82) is 0 Å². The number of carbonyl (C=O) groups excluding carboxylic acids is 1. The van der Waals surface area contributed by atoms with Gasteiger partial charge in [-0.25, -0.2) is 4.98 Å². The molecule has 34 heavy (non-hydrogen) atoms. The van der Waals surface area contributed by atoms with Crippen LogP contribution >= 0.6 is 11.6 Å². The van der Waals surface area contributed by atoms with E-state index in [0.29, 0.717) is 30.3 Å². The maximum Gasteiger partial charge on any atom is 0.227 e. The SMILES string of the molecule is Cc1ccc(N2C[C@@H](c3nc4ccccc4n3C[C@@H](O)COc3ccccc3Cl)CC2=O)cc1. The number of aromatic nitrogens is 2. The molecule has 0 aliphatic carbocycles. The minimum absolute atomic E-state index is 0.0714. The van der Waals surface area contributed by atoms with Gasteiger partial charge in [0.25, 0.3) is 0 Å². The Hall–Kier alpha value is -3.35. The average Bonchev–Trinajstić information content (AvgIpc) is 3.40. The number of hydrogen-bond donors (Lipinski definition) is 1. The number of fused-ring (bicyclic) bond motifs is 1. The molecule has 174 valence electrons. The lowest BCUT2D eigenvalue weighted by atomic mass is 10.1. The van der Waals surface area contributed by atoms with E-state index in [4.69, 9.17) is 21.3 Å². The summed E-state index contributed by atoms with van der Waals surface area (Å²) in [7, 11) is 0. The van der Waals surface area contributed by atoms with Crippen molar-refractivity contribution in [3.05, 3.63) is 89.2 Å². The molecule has 1 saturated heterocycles. The first-order chi connectivity index (χ1) is 16.5. The normalized spacial score (nSPS) is 16.9. The molecule has 1 fully saturated rings. The number of aliphatic hydroxyl groups excluding tert-OH is 1. The van der Waals surface area contributed by atoms with Crippen LogP contribution in [0.3, 0.4) is 0 Å². The van der Waals surface area contributed by atoms with Crippen LogP contribution < -0.4 is 9.64 Å². The van der Waals surface area contributed by atoms with Gasteiger partial charge in [0, 0.05) is 24.6 Å². The standard InChI is InChI=1S/C27H26ClN3O3/c1-18-10-12-20(13-11-18)30-15-19(14-26(30)33)27-29-23-7-3-4-8-24(23)31(27)16-21(32)17-34-25-9-5-2-6-22(25)28/h2-13,19,21,32H,14-17H2,1H3/t19-,21+/m0/s1. The zero-order valence-corrected chi connectivity index (χ0v) is 19.7. The summed E-state index contributed by atoms with van der Waals surface area (Å²) < 4.78 is 7.77. The molecule has 7 heteroatoms. The highest BCUT2D eigenvalue weighted by molar-refractivity contribution is 6.32. The maximum absolute atomic E-state index is 12.9. The zero-order valence-electron chi connectivity index (χ0n) is 18.9. The number of carbonyl (C=O) groups is 1. The molecule has 1 amide bonds. The van der Waals surface area contributed by atoms with Crippen LogP contribution in [0.4, 0.5) is 5.69 Å². The summed E-state index contributed by atoms with van der Waals surface area (Å²) in [5.74, 6) is 1.35. The number of aryl methyl sites for hydroxylation is 1. The molecule has 0 bridgehead atoms. The van der Waals surface area contributed by atoms with Crippen molar-refractivity contribution >= 4 is 34.2 Å². The van der Waals surface area contributed by atoms with Crippen molar-refractivity contribution in [2.45, 2.75) is 31.9 Å². The molecule has 0 unspecified atom stereocenters. The molecule has 1 aliphatic rings. The predicted octanol–water partition coefficient (Wildman–Crippen LogP) is 4.96. The number of aliphatic hydroxyl groups is 1. The Kier molecular flexibility index (Phi) is 6.26. The number of para-hydroxylation sites is 3. The number of imidazole rings is 1. The van der Waals surface area contributed by atoms with Crippen LogP contribution in [0.2, 0.25) is 5.02 Å². The summed E-state index contributed by atoms with van der Waals surface area (Å²) in [6, 6.07) is 23.0. The van der Waals surface area contributed by atoms with Gasteiger partial charge in [-0.3, -0.25) is 4.79 Å². The Balaban J connectivity index is 1.38. The van der Waals surface area contributed by atoms with E-state index in [-0.39, 0.29) is 18.4 Å². The molecule has 2 atom stereocenters. The van der Waals surface area contributed by atoms with Crippen molar-refractivity contribution in [1.82, 2.24) is 9.55 Å². The minimum Gasteiger partial charge on any atom is -0.489 e. The van der Waals surface area contributed by atoms with E-state index in [1.54, 1.807) is 12.1 Å². The third kappa shape index (κ3) is 4.52. The zero-order chi connectivity index (χ0) is 23.7. The van der Waals surface area contributed by atoms with Gasteiger partial charge in [0.15, 0.2) is 0 Å². The van der Waals surface area contributed by atoms with Crippen LogP contribution in [0.1, 0.15) is 23.7 Å². The number of hydrogen-bond acceptors (Lipinski definition) is 4. The first kappa shape index (κ1) is 22.4. The highest BCUT2D eigenvalue weighted by Gasteiger charge is 2.35. The van der Waals surface area contributed by atoms with E-state index in [0.717, 1.165) is 28.1 Å². The van der Waals surface area contributed by atoms with E-state index < -0.39 is 6.10 Å². The number of ether oxygens (including phenoxy) is 1. The first-order valence-electron chi connectivity index (χ1n) is 11.4. The number of halogens is 1. The summed E-state index contributed by atoms with van der Waals surface area (Å²) in [6.07, 6.45) is -0.401. The second-order valence-electron chi connectivity index (χ2n) is 8.71. The van der Waals surface area contributed by atoms with Crippen LogP contribution in [0.15, 0.2) is 72.8 Å². The Labute approximate surface area is 203 Å². The van der Waals surface area contributed by atoms with Crippen molar-refractivity contribution < 1.29 is 14.6 Å². The lowest BCUT2D eigenvalue weighted by Gasteiger charge is -2.19. The first-order valence-corrected chi connectivity index (χ1v) is 11.7.